The van der Waals surface area contributed by atoms with E-state index in [9.17, 15) is 9.59 Å². The molecule has 1 aromatic carbocycles. The smallest absolute Gasteiger partial charge is 0.410 e. The van der Waals surface area contributed by atoms with Gasteiger partial charge in [0.05, 0.1) is 0 Å². The lowest BCUT2D eigenvalue weighted by molar-refractivity contribution is 0.0423. The van der Waals surface area contributed by atoms with Crippen molar-refractivity contribution in [3.63, 3.8) is 0 Å². The van der Waals surface area contributed by atoms with E-state index in [1.807, 2.05) is 30.3 Å². The molecule has 1 aliphatic rings. The number of carbonyl (C=O) groups excluding carboxylic acids is 2. The third-order valence-corrected chi connectivity index (χ3v) is 3.92. The van der Waals surface area contributed by atoms with E-state index in [4.69, 9.17) is 15.0 Å². The van der Waals surface area contributed by atoms with Crippen molar-refractivity contribution in [3.8, 4) is 0 Å². The predicted molar refractivity (Wildman–Crippen MR) is 98.7 cm³/mol. The first-order valence-electron chi connectivity index (χ1n) is 8.79. The maximum absolute atomic E-state index is 12.4. The van der Waals surface area contributed by atoms with Crippen LogP contribution < -0.4 is 5.32 Å². The monoisotopic (exact) mass is 375 g/mol. The highest BCUT2D eigenvalue weighted by Crippen LogP contribution is 2.21. The third-order valence-electron chi connectivity index (χ3n) is 3.92. The van der Waals surface area contributed by atoms with Crippen molar-refractivity contribution in [2.45, 2.75) is 58.0 Å². The molecule has 1 N–H and O–H groups in total. The van der Waals surface area contributed by atoms with Crippen molar-refractivity contribution in [1.29, 1.82) is 0 Å². The second kappa shape index (κ2) is 9.14. The van der Waals surface area contributed by atoms with Gasteiger partial charge in [0, 0.05) is 17.5 Å². The second-order valence-corrected chi connectivity index (χ2v) is 7.29. The number of hydrogen-bond acceptors (Lipinski definition) is 5. The van der Waals surface area contributed by atoms with E-state index in [-0.39, 0.29) is 12.6 Å². The van der Waals surface area contributed by atoms with Crippen LogP contribution in [0.1, 0.15) is 39.2 Å². The Morgan fingerprint density at radius 3 is 2.67 bits per heavy atom. The molecular weight excluding hydrogens is 350 g/mol. The average molecular weight is 375 g/mol. The first kappa shape index (κ1) is 20.4. The first-order chi connectivity index (χ1) is 12.8. The molecule has 0 saturated carbocycles. The third kappa shape index (κ3) is 6.71. The summed E-state index contributed by atoms with van der Waals surface area (Å²) < 4.78 is 10.6. The Hall–Kier alpha value is -2.93. The van der Waals surface area contributed by atoms with Gasteiger partial charge in [-0.1, -0.05) is 35.4 Å². The van der Waals surface area contributed by atoms with E-state index in [0.717, 1.165) is 5.56 Å². The molecule has 0 bridgehead atoms. The molecule has 2 rings (SSSR count). The quantitative estimate of drug-likeness (QED) is 0.487. The van der Waals surface area contributed by atoms with Gasteiger partial charge in [0.25, 0.3) is 0 Å². The number of amides is 2. The Morgan fingerprint density at radius 1 is 1.33 bits per heavy atom. The highest BCUT2D eigenvalue weighted by Gasteiger charge is 2.33. The zero-order chi connectivity index (χ0) is 19.9. The number of azide groups is 1. The van der Waals surface area contributed by atoms with Crippen molar-refractivity contribution >= 4 is 12.2 Å². The topological polar surface area (TPSA) is 117 Å². The molecule has 1 heterocycles. The van der Waals surface area contributed by atoms with Gasteiger partial charge in [-0.15, -0.1) is 0 Å². The molecule has 1 aliphatic heterocycles. The molecule has 1 aromatic rings. The Bertz CT molecular complexity index is 697. The molecule has 1 saturated heterocycles. The van der Waals surface area contributed by atoms with Crippen LogP contribution in [0.4, 0.5) is 9.59 Å². The van der Waals surface area contributed by atoms with Crippen molar-refractivity contribution in [2.75, 3.05) is 6.54 Å². The van der Waals surface area contributed by atoms with Crippen molar-refractivity contribution in [3.05, 3.63) is 46.3 Å². The average Bonchev–Trinajstić information content (AvgIpc) is 2.59. The minimum atomic E-state index is -0.730. The first-order valence-corrected chi connectivity index (χ1v) is 8.79. The predicted octanol–water partition coefficient (Wildman–Crippen LogP) is 3.95. The molecule has 146 valence electrons. The van der Waals surface area contributed by atoms with Crippen LogP contribution in [0.2, 0.25) is 0 Å². The zero-order valence-electron chi connectivity index (χ0n) is 15.8. The SMILES string of the molecule is CC(C)(C)OC(=O)NC1CCN(C(=O)OCc2ccccc2)C(N=[N+]=[N-])C1. The van der Waals surface area contributed by atoms with E-state index >= 15 is 0 Å². The van der Waals surface area contributed by atoms with E-state index in [1.165, 1.54) is 4.90 Å². The van der Waals surface area contributed by atoms with Crippen LogP contribution >= 0.6 is 0 Å². The molecule has 0 aromatic heterocycles. The highest BCUT2D eigenvalue weighted by atomic mass is 16.6. The van der Waals surface area contributed by atoms with Crippen molar-refractivity contribution < 1.29 is 19.1 Å². The number of carbonyl (C=O) groups is 2. The normalized spacial score (nSPS) is 19.6. The number of nitrogens with zero attached hydrogens (tertiary/aromatic N) is 4. The molecule has 0 radical (unpaired) electrons. The maximum Gasteiger partial charge on any atom is 0.410 e. The summed E-state index contributed by atoms with van der Waals surface area (Å²) in [6.07, 6.45) is -1.01. The van der Waals surface area contributed by atoms with Gasteiger partial charge in [0.15, 0.2) is 0 Å². The molecule has 1 fully saturated rings. The summed E-state index contributed by atoms with van der Waals surface area (Å²) in [4.78, 5) is 28.5. The Kier molecular flexibility index (Phi) is 6.90. The van der Waals surface area contributed by atoms with Crippen molar-refractivity contribution in [2.24, 2.45) is 5.11 Å². The van der Waals surface area contributed by atoms with Gasteiger partial charge >= 0.3 is 12.2 Å². The molecule has 27 heavy (non-hydrogen) atoms. The summed E-state index contributed by atoms with van der Waals surface area (Å²) >= 11 is 0. The highest BCUT2D eigenvalue weighted by molar-refractivity contribution is 5.69. The fourth-order valence-electron chi connectivity index (χ4n) is 2.73. The van der Waals surface area contributed by atoms with Crippen LogP contribution in [-0.2, 0) is 16.1 Å². The number of ether oxygens (including phenoxy) is 2. The number of nitrogens with one attached hydrogen (secondary N) is 1. The summed E-state index contributed by atoms with van der Waals surface area (Å²) in [5.74, 6) is 0. The van der Waals surface area contributed by atoms with Crippen molar-refractivity contribution in [1.82, 2.24) is 10.2 Å². The van der Waals surface area contributed by atoms with Crippen LogP contribution in [0.15, 0.2) is 35.4 Å². The largest absolute Gasteiger partial charge is 0.445 e. The number of piperidine rings is 1. The lowest BCUT2D eigenvalue weighted by atomic mass is 10.0. The van der Waals surface area contributed by atoms with E-state index < -0.39 is 24.0 Å². The van der Waals surface area contributed by atoms with E-state index in [0.29, 0.717) is 19.4 Å². The number of benzene rings is 1. The second-order valence-electron chi connectivity index (χ2n) is 7.29. The maximum atomic E-state index is 12.4. The molecule has 2 unspecified atom stereocenters. The van der Waals surface area contributed by atoms with Gasteiger partial charge in [-0.05, 0) is 44.7 Å². The Morgan fingerprint density at radius 2 is 2.04 bits per heavy atom. The fraction of sp³-hybridized carbons (Fsp3) is 0.556. The van der Waals surface area contributed by atoms with Crippen LogP contribution in [-0.4, -0.2) is 41.4 Å². The number of likely N-dealkylation sites (tertiary alicyclic amines) is 1. The minimum Gasteiger partial charge on any atom is -0.445 e. The van der Waals surface area contributed by atoms with Gasteiger partial charge in [-0.25, -0.2) is 9.59 Å². The number of hydrogen-bond donors (Lipinski definition) is 1. The van der Waals surface area contributed by atoms with Gasteiger partial charge in [-0.3, -0.25) is 4.90 Å². The number of rotatable bonds is 4. The lowest BCUT2D eigenvalue weighted by Gasteiger charge is -2.36. The molecule has 9 heteroatoms. The van der Waals surface area contributed by atoms with Crippen LogP contribution in [0, 0.1) is 0 Å². The standard InChI is InChI=1S/C18H25N5O4/c1-18(2,3)27-16(24)20-14-9-10-23(15(11-14)21-22-19)17(25)26-12-13-7-5-4-6-8-13/h4-8,14-15H,9-12H2,1-3H3,(H,20,24). The molecule has 9 nitrogen and oxygen atoms in total. The van der Waals surface area contributed by atoms with Gasteiger partial charge in [0.1, 0.15) is 18.4 Å². The number of alkyl carbamates (subject to hydrolysis) is 1. The lowest BCUT2D eigenvalue weighted by Crippen LogP contribution is -2.51. The molecule has 2 amide bonds. The molecular formula is C18H25N5O4. The van der Waals surface area contributed by atoms with E-state index in [2.05, 4.69) is 15.3 Å². The zero-order valence-corrected chi connectivity index (χ0v) is 15.8. The summed E-state index contributed by atoms with van der Waals surface area (Å²) in [6.45, 7) is 5.78. The van der Waals surface area contributed by atoms with Gasteiger partial charge < -0.3 is 14.8 Å². The molecule has 0 spiro atoms. The summed E-state index contributed by atoms with van der Waals surface area (Å²) in [6, 6.07) is 9.06. The van der Waals surface area contributed by atoms with E-state index in [1.54, 1.807) is 20.8 Å². The van der Waals surface area contributed by atoms with Crippen LogP contribution in [0.3, 0.4) is 0 Å². The molecule has 0 aliphatic carbocycles. The van der Waals surface area contributed by atoms with Gasteiger partial charge in [0.2, 0.25) is 0 Å². The Balaban J connectivity index is 1.92. The van der Waals surface area contributed by atoms with Crippen LogP contribution in [0.25, 0.3) is 10.4 Å². The van der Waals surface area contributed by atoms with Crippen LogP contribution in [0.5, 0.6) is 0 Å². The minimum absolute atomic E-state index is 0.138. The van der Waals surface area contributed by atoms with Gasteiger partial charge in [-0.2, -0.15) is 0 Å². The fourth-order valence-corrected chi connectivity index (χ4v) is 2.73. The summed E-state index contributed by atoms with van der Waals surface area (Å²) in [5.41, 5.74) is 9.08. The summed E-state index contributed by atoms with van der Waals surface area (Å²) in [5, 5.41) is 6.44. The Labute approximate surface area is 158 Å². The summed E-state index contributed by atoms with van der Waals surface area (Å²) in [7, 11) is 0. The molecule has 2 atom stereocenters.